The molecule has 24 heavy (non-hydrogen) atoms. The van der Waals surface area contributed by atoms with Crippen LogP contribution in [-0.2, 0) is 14.4 Å². The standard InChI is InChI=1S/C16H30N2O5.Na/c17-12-8-7-9-13(16(22)23)18-14(19)10-5-3-1-2-4-6-11-15(20)21;/h13H,1-12,17H2,(H,18,19)(H,20,21)(H,22,23);/q;+1/p-1/t13-;/m0./s1. The van der Waals surface area contributed by atoms with E-state index in [0.717, 1.165) is 32.1 Å². The number of amides is 1. The van der Waals surface area contributed by atoms with Gasteiger partial charge in [-0.25, -0.2) is 0 Å². The summed E-state index contributed by atoms with van der Waals surface area (Å²) in [4.78, 5) is 33.0. The molecule has 0 aromatic rings. The maximum atomic E-state index is 11.7. The predicted molar refractivity (Wildman–Crippen MR) is 84.4 cm³/mol. The van der Waals surface area contributed by atoms with Crippen LogP contribution in [0.5, 0.6) is 0 Å². The molecule has 4 N–H and O–H groups in total. The van der Waals surface area contributed by atoms with Crippen molar-refractivity contribution in [1.82, 2.24) is 5.32 Å². The summed E-state index contributed by atoms with van der Waals surface area (Å²) in [6.07, 6.45) is 7.27. The average Bonchev–Trinajstić information content (AvgIpc) is 2.48. The van der Waals surface area contributed by atoms with Crippen LogP contribution in [0.25, 0.3) is 0 Å². The molecule has 8 heteroatoms. The second-order valence-electron chi connectivity index (χ2n) is 5.74. The van der Waals surface area contributed by atoms with Crippen LogP contribution in [0.4, 0.5) is 0 Å². The zero-order chi connectivity index (χ0) is 17.5. The number of aliphatic carboxylic acids is 2. The van der Waals surface area contributed by atoms with E-state index in [1.165, 1.54) is 0 Å². The molecule has 7 nitrogen and oxygen atoms in total. The number of nitrogens with two attached hydrogens (primary N) is 1. The SMILES string of the molecule is NCCCC[C@H](NC(=O)CCCCCCCCC(=O)O)C(=O)[O-].[Na+]. The Morgan fingerprint density at radius 2 is 1.46 bits per heavy atom. The zero-order valence-corrected chi connectivity index (χ0v) is 16.7. The molecule has 0 fully saturated rings. The molecule has 1 atom stereocenters. The van der Waals surface area contributed by atoms with Crippen LogP contribution in [0.2, 0.25) is 0 Å². The van der Waals surface area contributed by atoms with E-state index in [-0.39, 0.29) is 41.9 Å². The van der Waals surface area contributed by atoms with Gasteiger partial charge in [-0.15, -0.1) is 0 Å². The van der Waals surface area contributed by atoms with E-state index in [1.54, 1.807) is 0 Å². The summed E-state index contributed by atoms with van der Waals surface area (Å²) in [6.45, 7) is 0.500. The molecule has 0 saturated heterocycles. The summed E-state index contributed by atoms with van der Waals surface area (Å²) in [7, 11) is 0. The summed E-state index contributed by atoms with van der Waals surface area (Å²) >= 11 is 0. The van der Waals surface area contributed by atoms with Gasteiger partial charge in [0.1, 0.15) is 0 Å². The van der Waals surface area contributed by atoms with E-state index in [0.29, 0.717) is 38.6 Å². The van der Waals surface area contributed by atoms with Crippen LogP contribution in [0.1, 0.15) is 70.6 Å². The van der Waals surface area contributed by atoms with Gasteiger partial charge in [-0.05, 0) is 38.6 Å². The Kier molecular flexibility index (Phi) is 18.4. The van der Waals surface area contributed by atoms with Gasteiger partial charge < -0.3 is 26.1 Å². The van der Waals surface area contributed by atoms with Crippen molar-refractivity contribution in [2.75, 3.05) is 6.54 Å². The normalized spacial score (nSPS) is 11.4. The van der Waals surface area contributed by atoms with Gasteiger partial charge >= 0.3 is 35.5 Å². The van der Waals surface area contributed by atoms with Crippen LogP contribution in [0, 0.1) is 0 Å². The van der Waals surface area contributed by atoms with Crippen molar-refractivity contribution in [3.63, 3.8) is 0 Å². The molecular weight excluding hydrogens is 323 g/mol. The van der Waals surface area contributed by atoms with Crippen molar-refractivity contribution in [2.24, 2.45) is 5.73 Å². The summed E-state index contributed by atoms with van der Waals surface area (Å²) < 4.78 is 0. The monoisotopic (exact) mass is 352 g/mol. The number of hydrogen-bond donors (Lipinski definition) is 3. The molecule has 0 bridgehead atoms. The first-order chi connectivity index (χ1) is 11.0. The molecular formula is C16H29N2NaO5. The molecule has 0 rings (SSSR count). The molecule has 0 radical (unpaired) electrons. The minimum absolute atomic E-state index is 0. The molecule has 1 amide bonds. The van der Waals surface area contributed by atoms with E-state index in [1.807, 2.05) is 0 Å². The molecule has 134 valence electrons. The number of nitrogens with one attached hydrogen (secondary N) is 1. The van der Waals surface area contributed by atoms with E-state index >= 15 is 0 Å². The third-order valence-electron chi connectivity index (χ3n) is 3.61. The first-order valence-electron chi connectivity index (χ1n) is 8.39. The van der Waals surface area contributed by atoms with Crippen molar-refractivity contribution >= 4 is 17.8 Å². The van der Waals surface area contributed by atoms with Crippen LogP contribution in [0.15, 0.2) is 0 Å². The first kappa shape index (κ1) is 25.6. The zero-order valence-electron chi connectivity index (χ0n) is 14.7. The number of carbonyl (C=O) groups excluding carboxylic acids is 2. The van der Waals surface area contributed by atoms with E-state index in [9.17, 15) is 19.5 Å². The third kappa shape index (κ3) is 16.2. The summed E-state index contributed by atoms with van der Waals surface area (Å²) in [6, 6.07) is -0.940. The first-order valence-corrected chi connectivity index (χ1v) is 8.39. The van der Waals surface area contributed by atoms with Crippen LogP contribution < -0.4 is 45.7 Å². The Morgan fingerprint density at radius 3 is 1.96 bits per heavy atom. The van der Waals surface area contributed by atoms with Crippen molar-refractivity contribution < 1.29 is 54.2 Å². The molecule has 0 aromatic heterocycles. The minimum atomic E-state index is -1.26. The van der Waals surface area contributed by atoms with Crippen LogP contribution >= 0.6 is 0 Å². The van der Waals surface area contributed by atoms with Crippen molar-refractivity contribution in [3.8, 4) is 0 Å². The predicted octanol–water partition coefficient (Wildman–Crippen LogP) is -2.44. The van der Waals surface area contributed by atoms with Gasteiger partial charge in [-0.2, -0.15) is 0 Å². The van der Waals surface area contributed by atoms with Gasteiger partial charge in [0.25, 0.3) is 0 Å². The fourth-order valence-electron chi connectivity index (χ4n) is 2.28. The summed E-state index contributed by atoms with van der Waals surface area (Å²) in [5.74, 6) is -2.29. The quantitative estimate of drug-likeness (QED) is 0.222. The molecule has 0 aliphatic heterocycles. The number of rotatable bonds is 15. The third-order valence-corrected chi connectivity index (χ3v) is 3.61. The Morgan fingerprint density at radius 1 is 0.917 bits per heavy atom. The molecule has 0 aliphatic carbocycles. The Labute approximate surface area is 166 Å². The van der Waals surface area contributed by atoms with Gasteiger partial charge in [0, 0.05) is 12.8 Å². The van der Waals surface area contributed by atoms with Gasteiger partial charge in [-0.1, -0.05) is 25.7 Å². The van der Waals surface area contributed by atoms with Gasteiger partial charge in [0.2, 0.25) is 5.91 Å². The number of hydrogen-bond acceptors (Lipinski definition) is 5. The maximum Gasteiger partial charge on any atom is 1.00 e. The van der Waals surface area contributed by atoms with Crippen molar-refractivity contribution in [3.05, 3.63) is 0 Å². The van der Waals surface area contributed by atoms with Gasteiger partial charge in [0.15, 0.2) is 0 Å². The Balaban J connectivity index is 0. The maximum absolute atomic E-state index is 11.7. The van der Waals surface area contributed by atoms with Gasteiger partial charge in [0.05, 0.1) is 12.0 Å². The van der Waals surface area contributed by atoms with E-state index < -0.39 is 18.0 Å². The molecule has 0 aromatic carbocycles. The molecule has 0 spiro atoms. The molecule has 0 heterocycles. The number of carboxylic acid groups (broad SMARTS) is 2. The topological polar surface area (TPSA) is 133 Å². The van der Waals surface area contributed by atoms with Crippen LogP contribution in [-0.4, -0.2) is 35.5 Å². The fraction of sp³-hybridized carbons (Fsp3) is 0.812. The van der Waals surface area contributed by atoms with Crippen molar-refractivity contribution in [2.45, 2.75) is 76.7 Å². The molecule has 0 unspecified atom stereocenters. The van der Waals surface area contributed by atoms with E-state index in [4.69, 9.17) is 10.8 Å². The Bertz CT molecular complexity index is 366. The second-order valence-corrected chi connectivity index (χ2v) is 5.74. The molecule has 0 aliphatic rings. The van der Waals surface area contributed by atoms with Crippen LogP contribution in [0.3, 0.4) is 0 Å². The number of carbonyl (C=O) groups is 3. The van der Waals surface area contributed by atoms with E-state index in [2.05, 4.69) is 5.32 Å². The Hall–Kier alpha value is -0.630. The summed E-state index contributed by atoms with van der Waals surface area (Å²) in [5, 5.41) is 21.9. The second kappa shape index (κ2) is 17.2. The van der Waals surface area contributed by atoms with Crippen molar-refractivity contribution in [1.29, 1.82) is 0 Å². The minimum Gasteiger partial charge on any atom is -0.548 e. The van der Waals surface area contributed by atoms with Gasteiger partial charge in [-0.3, -0.25) is 9.59 Å². The number of carboxylic acids is 2. The largest absolute Gasteiger partial charge is 1.00 e. The molecule has 0 saturated carbocycles. The summed E-state index contributed by atoms with van der Waals surface area (Å²) in [5.41, 5.74) is 5.35. The fourth-order valence-corrected chi connectivity index (χ4v) is 2.28. The smallest absolute Gasteiger partial charge is 0.548 e. The average molecular weight is 352 g/mol. The number of unbranched alkanes of at least 4 members (excludes halogenated alkanes) is 6.